The van der Waals surface area contributed by atoms with E-state index >= 15 is 0 Å². The normalized spacial score (nSPS) is 16.3. The summed E-state index contributed by atoms with van der Waals surface area (Å²) < 4.78 is 0. The molecule has 1 amide bonds. The number of carbonyl (C=O) groups excluding carboxylic acids is 1. The maximum atomic E-state index is 12.4. The van der Waals surface area contributed by atoms with Crippen LogP contribution >= 0.6 is 11.6 Å². The summed E-state index contributed by atoms with van der Waals surface area (Å²) in [7, 11) is 0. The number of nitrogens with one attached hydrogen (secondary N) is 1. The maximum Gasteiger partial charge on any atom is 0.228 e. The SMILES string of the molecule is CCCC(=O)N(c1ccc(Cl)cn1)C1CCNCC1. The lowest BCUT2D eigenvalue weighted by Crippen LogP contribution is -2.46. The molecule has 0 unspecified atom stereocenters. The third-order valence-corrected chi connectivity index (χ3v) is 3.59. The van der Waals surface area contributed by atoms with Gasteiger partial charge in [-0.25, -0.2) is 4.98 Å². The second-order valence-corrected chi connectivity index (χ2v) is 5.27. The number of rotatable bonds is 4. The fourth-order valence-electron chi connectivity index (χ4n) is 2.43. The van der Waals surface area contributed by atoms with Gasteiger partial charge >= 0.3 is 0 Å². The fraction of sp³-hybridized carbons (Fsp3) is 0.571. The number of amides is 1. The van der Waals surface area contributed by atoms with E-state index in [2.05, 4.69) is 10.3 Å². The van der Waals surface area contributed by atoms with Crippen molar-refractivity contribution in [2.24, 2.45) is 0 Å². The van der Waals surface area contributed by atoms with E-state index in [0.29, 0.717) is 11.4 Å². The van der Waals surface area contributed by atoms with Crippen molar-refractivity contribution < 1.29 is 4.79 Å². The van der Waals surface area contributed by atoms with E-state index < -0.39 is 0 Å². The van der Waals surface area contributed by atoms with Gasteiger partial charge in [0.2, 0.25) is 5.91 Å². The number of nitrogens with zero attached hydrogens (tertiary/aromatic N) is 2. The quantitative estimate of drug-likeness (QED) is 0.923. The Bertz CT molecular complexity index is 415. The Morgan fingerprint density at radius 3 is 2.79 bits per heavy atom. The first-order chi connectivity index (χ1) is 9.22. The van der Waals surface area contributed by atoms with Crippen LogP contribution in [0.4, 0.5) is 5.82 Å². The third kappa shape index (κ3) is 3.67. The minimum Gasteiger partial charge on any atom is -0.317 e. The number of aromatic nitrogens is 1. The lowest BCUT2D eigenvalue weighted by molar-refractivity contribution is -0.119. The minimum absolute atomic E-state index is 0.157. The van der Waals surface area contributed by atoms with Crippen LogP contribution in [0.25, 0.3) is 0 Å². The highest BCUT2D eigenvalue weighted by molar-refractivity contribution is 6.30. The summed E-state index contributed by atoms with van der Waals surface area (Å²) in [5.74, 6) is 0.874. The zero-order valence-corrected chi connectivity index (χ0v) is 12.0. The average molecular weight is 282 g/mol. The van der Waals surface area contributed by atoms with E-state index in [1.54, 1.807) is 12.3 Å². The smallest absolute Gasteiger partial charge is 0.228 e. The van der Waals surface area contributed by atoms with E-state index in [9.17, 15) is 4.79 Å². The molecule has 4 nitrogen and oxygen atoms in total. The van der Waals surface area contributed by atoms with Crippen LogP contribution in [0.3, 0.4) is 0 Å². The minimum atomic E-state index is 0.157. The second-order valence-electron chi connectivity index (χ2n) is 4.83. The average Bonchev–Trinajstić information content (AvgIpc) is 2.43. The molecular formula is C14H20ClN3O. The van der Waals surface area contributed by atoms with Gasteiger partial charge in [0.15, 0.2) is 0 Å². The monoisotopic (exact) mass is 281 g/mol. The van der Waals surface area contributed by atoms with E-state index in [4.69, 9.17) is 11.6 Å². The molecule has 1 aromatic heterocycles. The highest BCUT2D eigenvalue weighted by Gasteiger charge is 2.26. The standard InChI is InChI=1S/C14H20ClN3O/c1-2-3-14(19)18(12-6-8-16-9-7-12)13-5-4-11(15)10-17-13/h4-5,10,12,16H,2-3,6-9H2,1H3. The molecule has 1 aliphatic heterocycles. The second kappa shape index (κ2) is 6.87. The largest absolute Gasteiger partial charge is 0.317 e. The zero-order valence-electron chi connectivity index (χ0n) is 11.2. The van der Waals surface area contributed by atoms with Crippen LogP contribution in [0.5, 0.6) is 0 Å². The van der Waals surface area contributed by atoms with E-state index in [1.165, 1.54) is 0 Å². The van der Waals surface area contributed by atoms with Gasteiger partial charge in [0, 0.05) is 18.7 Å². The molecule has 1 fully saturated rings. The van der Waals surface area contributed by atoms with Crippen molar-refractivity contribution in [2.45, 2.75) is 38.6 Å². The maximum absolute atomic E-state index is 12.4. The molecule has 0 radical (unpaired) electrons. The van der Waals surface area contributed by atoms with Crippen LogP contribution in [0.15, 0.2) is 18.3 Å². The molecule has 5 heteroatoms. The molecule has 0 bridgehead atoms. The van der Waals surface area contributed by atoms with Gasteiger partial charge in [-0.15, -0.1) is 0 Å². The number of anilines is 1. The van der Waals surface area contributed by atoms with E-state index in [-0.39, 0.29) is 11.9 Å². The fourth-order valence-corrected chi connectivity index (χ4v) is 2.54. The molecule has 2 heterocycles. The molecule has 1 N–H and O–H groups in total. The van der Waals surface area contributed by atoms with Crippen LogP contribution < -0.4 is 10.2 Å². The van der Waals surface area contributed by atoms with Gasteiger partial charge < -0.3 is 5.32 Å². The zero-order chi connectivity index (χ0) is 13.7. The summed E-state index contributed by atoms with van der Waals surface area (Å²) in [5.41, 5.74) is 0. The highest BCUT2D eigenvalue weighted by Crippen LogP contribution is 2.22. The van der Waals surface area contributed by atoms with Gasteiger partial charge in [-0.05, 0) is 44.5 Å². The third-order valence-electron chi connectivity index (χ3n) is 3.36. The van der Waals surface area contributed by atoms with Crippen molar-refractivity contribution in [2.75, 3.05) is 18.0 Å². The molecule has 1 aliphatic rings. The molecular weight excluding hydrogens is 262 g/mol. The summed E-state index contributed by atoms with van der Waals surface area (Å²) >= 11 is 5.87. The van der Waals surface area contributed by atoms with Crippen molar-refractivity contribution in [3.05, 3.63) is 23.4 Å². The van der Waals surface area contributed by atoms with Crippen LogP contribution in [0.2, 0.25) is 5.02 Å². The highest BCUT2D eigenvalue weighted by atomic mass is 35.5. The Labute approximate surface area is 119 Å². The summed E-state index contributed by atoms with van der Waals surface area (Å²) in [6, 6.07) is 3.86. The van der Waals surface area contributed by atoms with Gasteiger partial charge in [0.1, 0.15) is 5.82 Å². The summed E-state index contributed by atoms with van der Waals surface area (Å²) in [6.45, 7) is 3.93. The predicted octanol–water partition coefficient (Wildman–Crippen LogP) is 2.62. The lowest BCUT2D eigenvalue weighted by Gasteiger charge is -2.34. The molecule has 1 aromatic rings. The Hall–Kier alpha value is -1.13. The first-order valence-corrected chi connectivity index (χ1v) is 7.24. The molecule has 2 rings (SSSR count). The van der Waals surface area contributed by atoms with Gasteiger partial charge in [0.05, 0.1) is 5.02 Å². The van der Waals surface area contributed by atoms with Crippen molar-refractivity contribution in [1.82, 2.24) is 10.3 Å². The van der Waals surface area contributed by atoms with Gasteiger partial charge in [-0.2, -0.15) is 0 Å². The molecule has 0 spiro atoms. The molecule has 0 atom stereocenters. The van der Waals surface area contributed by atoms with Crippen LogP contribution in [-0.4, -0.2) is 30.0 Å². The molecule has 0 aromatic carbocycles. The number of hydrogen-bond acceptors (Lipinski definition) is 3. The molecule has 19 heavy (non-hydrogen) atoms. The Morgan fingerprint density at radius 2 is 2.21 bits per heavy atom. The van der Waals surface area contributed by atoms with Crippen LogP contribution in [-0.2, 0) is 4.79 Å². The first kappa shape index (κ1) is 14.3. The summed E-state index contributed by atoms with van der Waals surface area (Å²) in [4.78, 5) is 18.5. The molecule has 104 valence electrons. The van der Waals surface area contributed by atoms with Crippen molar-refractivity contribution in [3.8, 4) is 0 Å². The van der Waals surface area contributed by atoms with E-state index in [1.807, 2.05) is 17.9 Å². The van der Waals surface area contributed by atoms with Crippen LogP contribution in [0.1, 0.15) is 32.6 Å². The number of carbonyl (C=O) groups is 1. The van der Waals surface area contributed by atoms with Gasteiger partial charge in [-0.3, -0.25) is 9.69 Å². The van der Waals surface area contributed by atoms with Crippen molar-refractivity contribution in [3.63, 3.8) is 0 Å². The summed E-state index contributed by atoms with van der Waals surface area (Å²) in [6.07, 6.45) is 4.96. The van der Waals surface area contributed by atoms with Crippen molar-refractivity contribution >= 4 is 23.3 Å². The number of halogens is 1. The first-order valence-electron chi connectivity index (χ1n) is 6.86. The molecule has 0 aliphatic carbocycles. The van der Waals surface area contributed by atoms with Crippen molar-refractivity contribution in [1.29, 1.82) is 0 Å². The number of piperidine rings is 1. The molecule has 1 saturated heterocycles. The van der Waals surface area contributed by atoms with Gasteiger partial charge in [-0.1, -0.05) is 18.5 Å². The topological polar surface area (TPSA) is 45.2 Å². The Morgan fingerprint density at radius 1 is 1.47 bits per heavy atom. The predicted molar refractivity (Wildman–Crippen MR) is 77.5 cm³/mol. The number of pyridine rings is 1. The lowest BCUT2D eigenvalue weighted by atomic mass is 10.0. The Balaban J connectivity index is 2.22. The van der Waals surface area contributed by atoms with E-state index in [0.717, 1.165) is 38.2 Å². The Kier molecular flexibility index (Phi) is 5.16. The molecule has 0 saturated carbocycles. The number of hydrogen-bond donors (Lipinski definition) is 1. The summed E-state index contributed by atoms with van der Waals surface area (Å²) in [5, 5.41) is 3.92. The van der Waals surface area contributed by atoms with Crippen LogP contribution in [0, 0.1) is 0 Å². The van der Waals surface area contributed by atoms with Gasteiger partial charge in [0.25, 0.3) is 0 Å².